The number of anilines is 2. The predicted molar refractivity (Wildman–Crippen MR) is 112 cm³/mol. The molecule has 152 valence electrons. The van der Waals surface area contributed by atoms with Crippen LogP contribution >= 0.6 is 0 Å². The maximum absolute atomic E-state index is 12.7. The van der Waals surface area contributed by atoms with Crippen molar-refractivity contribution in [2.45, 2.75) is 50.7 Å². The number of aromatic nitrogens is 1. The third-order valence-corrected chi connectivity index (χ3v) is 5.77. The number of rotatable bonds is 5. The Morgan fingerprint density at radius 2 is 1.79 bits per heavy atom. The molecule has 1 aromatic carbocycles. The summed E-state index contributed by atoms with van der Waals surface area (Å²) in [6.45, 7) is 0.417. The zero-order chi connectivity index (χ0) is 20.1. The molecule has 2 aromatic rings. The van der Waals surface area contributed by atoms with Crippen LogP contribution in [0.15, 0.2) is 48.8 Å². The fraction of sp³-hybridized carbons (Fsp3) is 0.409. The molecule has 2 aliphatic rings. The number of pyridine rings is 1. The van der Waals surface area contributed by atoms with Crippen LogP contribution in [0.3, 0.4) is 0 Å². The predicted octanol–water partition coefficient (Wildman–Crippen LogP) is 3.26. The summed E-state index contributed by atoms with van der Waals surface area (Å²) < 4.78 is 0. The second-order valence-corrected chi connectivity index (χ2v) is 7.84. The number of carbonyl (C=O) groups is 2. The van der Waals surface area contributed by atoms with E-state index in [0.29, 0.717) is 29.9 Å². The fourth-order valence-corrected chi connectivity index (χ4v) is 4.28. The van der Waals surface area contributed by atoms with Gasteiger partial charge in [-0.1, -0.05) is 18.9 Å². The first-order valence-corrected chi connectivity index (χ1v) is 10.3. The highest BCUT2D eigenvalue weighted by Crippen LogP contribution is 2.33. The molecule has 0 spiro atoms. The molecule has 3 atom stereocenters. The van der Waals surface area contributed by atoms with Crippen molar-refractivity contribution in [3.63, 3.8) is 0 Å². The highest BCUT2D eigenvalue weighted by molar-refractivity contribution is 5.96. The van der Waals surface area contributed by atoms with Crippen molar-refractivity contribution in [3.8, 4) is 0 Å². The minimum absolute atomic E-state index is 0.00121. The van der Waals surface area contributed by atoms with E-state index in [1.54, 1.807) is 24.5 Å². The zero-order valence-corrected chi connectivity index (χ0v) is 16.4. The molecule has 4 N–H and O–H groups in total. The lowest BCUT2D eigenvalue weighted by atomic mass is 9.85. The van der Waals surface area contributed by atoms with Gasteiger partial charge in [-0.15, -0.1) is 0 Å². The smallest absolute Gasteiger partial charge is 0.319 e. The molecule has 0 bridgehead atoms. The first-order chi connectivity index (χ1) is 14.2. The third-order valence-electron chi connectivity index (χ3n) is 5.77. The molecule has 1 aliphatic carbocycles. The van der Waals surface area contributed by atoms with Gasteiger partial charge in [-0.25, -0.2) is 4.79 Å². The van der Waals surface area contributed by atoms with Gasteiger partial charge in [-0.2, -0.15) is 0 Å². The van der Waals surface area contributed by atoms with E-state index in [1.165, 1.54) is 25.7 Å². The van der Waals surface area contributed by atoms with Gasteiger partial charge in [0.15, 0.2) is 0 Å². The van der Waals surface area contributed by atoms with Crippen LogP contribution in [0.25, 0.3) is 0 Å². The first-order valence-electron chi connectivity index (χ1n) is 10.3. The maximum atomic E-state index is 12.7. The highest BCUT2D eigenvalue weighted by Gasteiger charge is 2.38. The Labute approximate surface area is 170 Å². The summed E-state index contributed by atoms with van der Waals surface area (Å²) >= 11 is 0. The minimum Gasteiger partial charge on any atom is -0.334 e. The summed E-state index contributed by atoms with van der Waals surface area (Å²) in [7, 11) is 0. The Balaban J connectivity index is 1.29. The topological polar surface area (TPSA) is 95.2 Å². The number of amides is 3. The van der Waals surface area contributed by atoms with Crippen LogP contribution in [0.1, 0.15) is 37.7 Å². The summed E-state index contributed by atoms with van der Waals surface area (Å²) in [6.07, 6.45) is 9.20. The van der Waals surface area contributed by atoms with E-state index >= 15 is 0 Å². The van der Waals surface area contributed by atoms with Crippen LogP contribution < -0.4 is 21.3 Å². The second-order valence-electron chi connectivity index (χ2n) is 7.84. The van der Waals surface area contributed by atoms with Gasteiger partial charge in [0.1, 0.15) is 0 Å². The highest BCUT2D eigenvalue weighted by atomic mass is 16.2. The maximum Gasteiger partial charge on any atom is 0.319 e. The standard InChI is InChI=1S/C22H27N5O2/c28-21(20-12-16-4-1-2-7-19(16)27-20)25-17-5-3-6-18(13-17)26-22(29)24-14-15-8-10-23-11-9-15/h3,5-6,8-11,13,16,19-20,27H,1-2,4,7,12,14H2,(H,25,28)(H2,24,26,29). The normalized spacial score (nSPS) is 23.1. The molecule has 2 heterocycles. The molecule has 1 aromatic heterocycles. The lowest BCUT2D eigenvalue weighted by molar-refractivity contribution is -0.117. The first kappa shape index (κ1) is 19.4. The zero-order valence-electron chi connectivity index (χ0n) is 16.4. The van der Waals surface area contributed by atoms with Gasteiger partial charge < -0.3 is 21.3 Å². The lowest BCUT2D eigenvalue weighted by Gasteiger charge is -2.24. The quantitative estimate of drug-likeness (QED) is 0.627. The summed E-state index contributed by atoms with van der Waals surface area (Å²) in [5.41, 5.74) is 2.28. The van der Waals surface area contributed by atoms with Gasteiger partial charge in [0.25, 0.3) is 0 Å². The van der Waals surface area contributed by atoms with Gasteiger partial charge >= 0.3 is 6.03 Å². The van der Waals surface area contributed by atoms with Crippen LogP contribution in [0, 0.1) is 5.92 Å². The van der Waals surface area contributed by atoms with Crippen molar-refractivity contribution in [2.24, 2.45) is 5.92 Å². The van der Waals surface area contributed by atoms with Crippen LogP contribution in [-0.2, 0) is 11.3 Å². The second kappa shape index (κ2) is 9.05. The molecule has 0 radical (unpaired) electrons. The Hall–Kier alpha value is -2.93. The molecule has 7 nitrogen and oxygen atoms in total. The van der Waals surface area contributed by atoms with Crippen LogP contribution in [0.5, 0.6) is 0 Å². The lowest BCUT2D eigenvalue weighted by Crippen LogP contribution is -2.39. The van der Waals surface area contributed by atoms with Gasteiger partial charge in [-0.05, 0) is 61.1 Å². The van der Waals surface area contributed by atoms with Crippen LogP contribution in [0.4, 0.5) is 16.2 Å². The molecule has 7 heteroatoms. The Morgan fingerprint density at radius 3 is 2.59 bits per heavy atom. The molecular formula is C22H27N5O2. The summed E-state index contributed by atoms with van der Waals surface area (Å²) in [5, 5.41) is 12.1. The molecule has 1 saturated carbocycles. The molecule has 29 heavy (non-hydrogen) atoms. The van der Waals surface area contributed by atoms with Gasteiger partial charge in [0, 0.05) is 36.4 Å². The number of fused-ring (bicyclic) bond motifs is 1. The number of carbonyl (C=O) groups excluding carboxylic acids is 2. The summed E-state index contributed by atoms with van der Waals surface area (Å²) in [4.78, 5) is 28.8. The SMILES string of the molecule is O=C(NCc1ccncc1)Nc1cccc(NC(=O)C2CC3CCCCC3N2)c1. The van der Waals surface area contributed by atoms with Crippen molar-refractivity contribution >= 4 is 23.3 Å². The van der Waals surface area contributed by atoms with E-state index in [1.807, 2.05) is 24.3 Å². The van der Waals surface area contributed by atoms with Crippen molar-refractivity contribution in [1.82, 2.24) is 15.6 Å². The Bertz CT molecular complexity index is 843. The largest absolute Gasteiger partial charge is 0.334 e. The van der Waals surface area contributed by atoms with E-state index in [-0.39, 0.29) is 18.0 Å². The number of nitrogens with one attached hydrogen (secondary N) is 4. The molecule has 1 aliphatic heterocycles. The van der Waals surface area contributed by atoms with E-state index < -0.39 is 0 Å². The van der Waals surface area contributed by atoms with E-state index in [0.717, 1.165) is 12.0 Å². The Kier molecular flexibility index (Phi) is 6.05. The summed E-state index contributed by atoms with van der Waals surface area (Å²) in [5.74, 6) is 0.621. The molecular weight excluding hydrogens is 366 g/mol. The van der Waals surface area contributed by atoms with Crippen molar-refractivity contribution in [2.75, 3.05) is 10.6 Å². The fourth-order valence-electron chi connectivity index (χ4n) is 4.28. The molecule has 3 unspecified atom stereocenters. The third kappa shape index (κ3) is 5.12. The molecule has 2 fully saturated rings. The van der Waals surface area contributed by atoms with E-state index in [9.17, 15) is 9.59 Å². The average molecular weight is 393 g/mol. The van der Waals surface area contributed by atoms with Gasteiger partial charge in [-0.3, -0.25) is 9.78 Å². The van der Waals surface area contributed by atoms with Gasteiger partial charge in [0.05, 0.1) is 6.04 Å². The minimum atomic E-state index is -0.299. The number of hydrogen-bond donors (Lipinski definition) is 4. The van der Waals surface area contributed by atoms with Crippen molar-refractivity contribution < 1.29 is 9.59 Å². The average Bonchev–Trinajstić information content (AvgIpc) is 3.18. The van der Waals surface area contributed by atoms with Crippen LogP contribution in [-0.4, -0.2) is 29.0 Å². The molecule has 4 rings (SSSR count). The number of urea groups is 1. The van der Waals surface area contributed by atoms with E-state index in [4.69, 9.17) is 0 Å². The van der Waals surface area contributed by atoms with Crippen LogP contribution in [0.2, 0.25) is 0 Å². The monoisotopic (exact) mass is 393 g/mol. The Morgan fingerprint density at radius 1 is 1.03 bits per heavy atom. The number of nitrogens with zero attached hydrogens (tertiary/aromatic N) is 1. The van der Waals surface area contributed by atoms with Crippen molar-refractivity contribution in [3.05, 3.63) is 54.4 Å². The number of benzene rings is 1. The molecule has 3 amide bonds. The summed E-state index contributed by atoms with van der Waals surface area (Å²) in [6, 6.07) is 11.0. The number of hydrogen-bond acceptors (Lipinski definition) is 4. The van der Waals surface area contributed by atoms with Crippen molar-refractivity contribution in [1.29, 1.82) is 0 Å². The van der Waals surface area contributed by atoms with E-state index in [2.05, 4.69) is 26.3 Å². The van der Waals surface area contributed by atoms with Gasteiger partial charge in [0.2, 0.25) is 5.91 Å². The molecule has 1 saturated heterocycles.